The molecule has 0 unspecified atom stereocenters. The quantitative estimate of drug-likeness (QED) is 0.679. The van der Waals surface area contributed by atoms with Crippen LogP contribution in [0.1, 0.15) is 25.0 Å². The van der Waals surface area contributed by atoms with E-state index in [0.717, 1.165) is 5.56 Å². The van der Waals surface area contributed by atoms with Crippen LogP contribution in [0.4, 0.5) is 9.18 Å². The molecule has 1 amide bonds. The Kier molecular flexibility index (Phi) is 4.28. The van der Waals surface area contributed by atoms with E-state index in [2.05, 4.69) is 4.74 Å². The van der Waals surface area contributed by atoms with Crippen molar-refractivity contribution in [3.63, 3.8) is 0 Å². The minimum Gasteiger partial charge on any atom is -0.453 e. The van der Waals surface area contributed by atoms with E-state index in [0.29, 0.717) is 18.7 Å². The molecule has 1 aliphatic rings. The van der Waals surface area contributed by atoms with Crippen LogP contribution in [0.2, 0.25) is 0 Å². The summed E-state index contributed by atoms with van der Waals surface area (Å²) < 4.78 is 17.8. The van der Waals surface area contributed by atoms with E-state index in [1.54, 1.807) is 6.07 Å². The second-order valence-corrected chi connectivity index (χ2v) is 3.20. The first-order valence-electron chi connectivity index (χ1n) is 5.31. The van der Waals surface area contributed by atoms with Crippen LogP contribution in [0.3, 0.4) is 0 Å². The molecule has 0 aromatic heterocycles. The zero-order chi connectivity index (χ0) is 12.1. The first kappa shape index (κ1) is 12.5. The molecule has 1 heterocycles. The minimum absolute atomic E-state index is 0.256. The maximum atomic E-state index is 13.3. The van der Waals surface area contributed by atoms with Crippen LogP contribution in [-0.4, -0.2) is 18.1 Å². The molecule has 0 saturated carbocycles. The molecule has 4 heteroatoms. The number of carbonyl (C=O) groups is 1. The molecule has 0 bridgehead atoms. The second kappa shape index (κ2) is 5.49. The number of hydrogen-bond acceptors (Lipinski definition) is 2. The number of carbonyl (C=O) groups excluding carboxylic acids is 1. The summed E-state index contributed by atoms with van der Waals surface area (Å²) in [6.45, 7) is 4.73. The molecule has 1 aromatic rings. The highest BCUT2D eigenvalue weighted by atomic mass is 19.1. The van der Waals surface area contributed by atoms with Gasteiger partial charge in [-0.2, -0.15) is 0 Å². The van der Waals surface area contributed by atoms with Crippen LogP contribution in [0.5, 0.6) is 0 Å². The van der Waals surface area contributed by atoms with E-state index in [1.165, 1.54) is 18.1 Å². The third kappa shape index (κ3) is 2.32. The third-order valence-corrected chi connectivity index (χ3v) is 2.36. The largest absolute Gasteiger partial charge is 0.453 e. The zero-order valence-electron chi connectivity index (χ0n) is 9.79. The number of benzene rings is 1. The molecule has 0 atom stereocenters. The van der Waals surface area contributed by atoms with Gasteiger partial charge in [0.05, 0.1) is 13.7 Å². The molecule has 0 fully saturated rings. The van der Waals surface area contributed by atoms with E-state index in [1.807, 2.05) is 19.9 Å². The van der Waals surface area contributed by atoms with Gasteiger partial charge in [-0.3, -0.25) is 4.90 Å². The fraction of sp³-hybridized carbons (Fsp3) is 0.417. The van der Waals surface area contributed by atoms with E-state index in [-0.39, 0.29) is 5.82 Å². The van der Waals surface area contributed by atoms with Crippen molar-refractivity contribution in [3.8, 4) is 0 Å². The van der Waals surface area contributed by atoms with Gasteiger partial charge in [0.15, 0.2) is 0 Å². The van der Waals surface area contributed by atoms with Gasteiger partial charge in [-0.05, 0) is 11.6 Å². The number of amides is 1. The lowest BCUT2D eigenvalue weighted by atomic mass is 10.1. The van der Waals surface area contributed by atoms with E-state index in [4.69, 9.17) is 0 Å². The summed E-state index contributed by atoms with van der Waals surface area (Å²) in [4.78, 5) is 12.6. The third-order valence-electron chi connectivity index (χ3n) is 2.36. The second-order valence-electron chi connectivity index (χ2n) is 3.20. The van der Waals surface area contributed by atoms with Crippen molar-refractivity contribution >= 4 is 6.09 Å². The number of halogens is 1. The summed E-state index contributed by atoms with van der Waals surface area (Å²) >= 11 is 0. The maximum Gasteiger partial charge on any atom is 0.410 e. The van der Waals surface area contributed by atoms with Gasteiger partial charge >= 0.3 is 6.09 Å². The molecule has 3 nitrogen and oxygen atoms in total. The van der Waals surface area contributed by atoms with Gasteiger partial charge in [0.1, 0.15) is 5.82 Å². The van der Waals surface area contributed by atoms with Crippen molar-refractivity contribution in [2.45, 2.75) is 26.9 Å². The summed E-state index contributed by atoms with van der Waals surface area (Å²) in [5.74, 6) is -0.256. The summed E-state index contributed by atoms with van der Waals surface area (Å²) in [7, 11) is 1.32. The minimum atomic E-state index is -0.416. The fourth-order valence-electron chi connectivity index (χ4n) is 1.64. The Morgan fingerprint density at radius 2 is 2.06 bits per heavy atom. The molecule has 2 rings (SSSR count). The van der Waals surface area contributed by atoms with Crippen LogP contribution < -0.4 is 0 Å². The number of hydrogen-bond donors (Lipinski definition) is 0. The summed E-state index contributed by atoms with van der Waals surface area (Å²) in [6, 6.07) is 4.87. The van der Waals surface area contributed by atoms with E-state index in [9.17, 15) is 9.18 Å². The summed E-state index contributed by atoms with van der Waals surface area (Å²) in [6.07, 6.45) is -0.416. The number of rotatable bonds is 0. The highest BCUT2D eigenvalue weighted by Gasteiger charge is 2.25. The predicted octanol–water partition coefficient (Wildman–Crippen LogP) is 2.93. The number of nitrogens with zero attached hydrogens (tertiary/aromatic N) is 1. The monoisotopic (exact) mass is 225 g/mol. The Labute approximate surface area is 94.8 Å². The Balaban J connectivity index is 0.000000606. The summed E-state index contributed by atoms with van der Waals surface area (Å²) in [5, 5.41) is 0. The van der Waals surface area contributed by atoms with Crippen molar-refractivity contribution in [1.29, 1.82) is 0 Å². The molecule has 0 spiro atoms. The van der Waals surface area contributed by atoms with Crippen LogP contribution in [0, 0.1) is 5.82 Å². The average Bonchev–Trinajstić information content (AvgIpc) is 2.76. The van der Waals surface area contributed by atoms with Crippen molar-refractivity contribution in [2.75, 3.05) is 7.11 Å². The van der Waals surface area contributed by atoms with Crippen LogP contribution in [-0.2, 0) is 17.8 Å². The zero-order valence-corrected chi connectivity index (χ0v) is 9.79. The highest BCUT2D eigenvalue weighted by Crippen LogP contribution is 2.25. The number of fused-ring (bicyclic) bond motifs is 1. The Hall–Kier alpha value is -1.58. The standard InChI is InChI=1S/C10H10FNO2.C2H6/c1-14-10(13)12-5-7-3-2-4-9(11)8(7)6-12;1-2/h2-4H,5-6H2,1H3;1-2H3. The first-order valence-corrected chi connectivity index (χ1v) is 5.31. The topological polar surface area (TPSA) is 29.5 Å². The molecule has 0 N–H and O–H groups in total. The van der Waals surface area contributed by atoms with Gasteiger partial charge in [-0.1, -0.05) is 26.0 Å². The lowest BCUT2D eigenvalue weighted by Crippen LogP contribution is -2.24. The van der Waals surface area contributed by atoms with Gasteiger partial charge in [-0.15, -0.1) is 0 Å². The molecule has 0 radical (unpaired) electrons. The van der Waals surface area contributed by atoms with Crippen LogP contribution in [0.25, 0.3) is 0 Å². The lowest BCUT2D eigenvalue weighted by Gasteiger charge is -2.12. The molecular weight excluding hydrogens is 209 g/mol. The van der Waals surface area contributed by atoms with Crippen LogP contribution >= 0.6 is 0 Å². The van der Waals surface area contributed by atoms with Crippen molar-refractivity contribution in [2.24, 2.45) is 0 Å². The van der Waals surface area contributed by atoms with Gasteiger partial charge < -0.3 is 4.74 Å². The van der Waals surface area contributed by atoms with Gasteiger partial charge in [-0.25, -0.2) is 9.18 Å². The lowest BCUT2D eigenvalue weighted by molar-refractivity contribution is 0.123. The van der Waals surface area contributed by atoms with Gasteiger partial charge in [0.25, 0.3) is 0 Å². The molecule has 0 saturated heterocycles. The Morgan fingerprint density at radius 1 is 1.38 bits per heavy atom. The molecule has 0 aliphatic carbocycles. The molecule has 16 heavy (non-hydrogen) atoms. The van der Waals surface area contributed by atoms with E-state index < -0.39 is 6.09 Å². The first-order chi connectivity index (χ1) is 7.72. The highest BCUT2D eigenvalue weighted by molar-refractivity contribution is 5.68. The summed E-state index contributed by atoms with van der Waals surface area (Å²) in [5.41, 5.74) is 1.45. The molecule has 1 aliphatic heterocycles. The predicted molar refractivity (Wildman–Crippen MR) is 59.4 cm³/mol. The van der Waals surface area contributed by atoms with Gasteiger partial charge in [0, 0.05) is 12.1 Å². The maximum absolute atomic E-state index is 13.3. The molecular formula is C12H16FNO2. The molecule has 88 valence electrons. The van der Waals surface area contributed by atoms with Crippen LogP contribution in [0.15, 0.2) is 18.2 Å². The SMILES string of the molecule is CC.COC(=O)N1Cc2cccc(F)c2C1. The number of ether oxygens (including phenoxy) is 1. The fourth-order valence-corrected chi connectivity index (χ4v) is 1.64. The Bertz CT molecular complexity index is 379. The Morgan fingerprint density at radius 3 is 2.62 bits per heavy atom. The van der Waals surface area contributed by atoms with Crippen molar-refractivity contribution < 1.29 is 13.9 Å². The molecule has 1 aromatic carbocycles. The number of methoxy groups -OCH3 is 1. The van der Waals surface area contributed by atoms with Crippen molar-refractivity contribution in [1.82, 2.24) is 4.90 Å². The smallest absolute Gasteiger partial charge is 0.410 e. The van der Waals surface area contributed by atoms with Gasteiger partial charge in [0.2, 0.25) is 0 Å². The van der Waals surface area contributed by atoms with E-state index >= 15 is 0 Å². The normalized spacial score (nSPS) is 12.6. The average molecular weight is 225 g/mol. The van der Waals surface area contributed by atoms with Crippen molar-refractivity contribution in [3.05, 3.63) is 35.1 Å².